The minimum absolute atomic E-state index is 0.375. The summed E-state index contributed by atoms with van der Waals surface area (Å²) in [5.74, 6) is 0.384. The number of nitrogens with one attached hydrogen (secondary N) is 2. The van der Waals surface area contributed by atoms with Crippen molar-refractivity contribution in [2.75, 3.05) is 19.8 Å². The lowest BCUT2D eigenvalue weighted by Crippen LogP contribution is -2.32. The summed E-state index contributed by atoms with van der Waals surface area (Å²) >= 11 is 1.48. The Morgan fingerprint density at radius 3 is 2.76 bits per heavy atom. The van der Waals surface area contributed by atoms with E-state index < -0.39 is 10.0 Å². The van der Waals surface area contributed by atoms with Crippen molar-refractivity contribution in [3.8, 4) is 0 Å². The van der Waals surface area contributed by atoms with Gasteiger partial charge in [0.1, 0.15) is 0 Å². The summed E-state index contributed by atoms with van der Waals surface area (Å²) < 4.78 is 32.5. The molecule has 0 amide bonds. The van der Waals surface area contributed by atoms with Crippen LogP contribution in [-0.2, 0) is 21.3 Å². The molecule has 1 saturated heterocycles. The van der Waals surface area contributed by atoms with Crippen LogP contribution in [-0.4, -0.2) is 34.2 Å². The molecule has 2 N–H and O–H groups in total. The Labute approximate surface area is 131 Å². The number of hydrogen-bond acceptors (Lipinski definition) is 5. The molecule has 5 nitrogen and oxygen atoms in total. The molecule has 2 heterocycles. The molecule has 1 aromatic rings. The molecule has 0 aromatic carbocycles. The van der Waals surface area contributed by atoms with Gasteiger partial charge in [-0.2, -0.15) is 0 Å². The molecule has 1 aliphatic rings. The fraction of sp³-hybridized carbons (Fsp3) is 0.714. The van der Waals surface area contributed by atoms with Gasteiger partial charge in [0.05, 0.1) is 4.90 Å². The molecule has 0 unspecified atom stereocenters. The van der Waals surface area contributed by atoms with Gasteiger partial charge in [0.25, 0.3) is 0 Å². The van der Waals surface area contributed by atoms with Gasteiger partial charge in [0.15, 0.2) is 0 Å². The van der Waals surface area contributed by atoms with E-state index in [1.165, 1.54) is 11.3 Å². The molecule has 0 radical (unpaired) electrons. The van der Waals surface area contributed by atoms with E-state index in [0.717, 1.165) is 30.9 Å². The van der Waals surface area contributed by atoms with Crippen LogP contribution in [0.5, 0.6) is 0 Å². The van der Waals surface area contributed by atoms with Crippen molar-refractivity contribution >= 4 is 21.4 Å². The Balaban J connectivity index is 1.89. The molecule has 0 spiro atoms. The molecule has 0 atom stereocenters. The first kappa shape index (κ1) is 16.9. The third-order valence-electron chi connectivity index (χ3n) is 3.53. The Hall–Kier alpha value is -0.470. The van der Waals surface area contributed by atoms with Crippen molar-refractivity contribution in [2.45, 2.75) is 44.2 Å². The van der Waals surface area contributed by atoms with Crippen molar-refractivity contribution in [3.63, 3.8) is 0 Å². The largest absolute Gasteiger partial charge is 0.381 e. The van der Waals surface area contributed by atoms with Crippen molar-refractivity contribution in [1.82, 2.24) is 10.0 Å². The predicted molar refractivity (Wildman–Crippen MR) is 85.0 cm³/mol. The van der Waals surface area contributed by atoms with Crippen LogP contribution in [0.25, 0.3) is 0 Å². The van der Waals surface area contributed by atoms with Crippen LogP contribution in [0.2, 0.25) is 0 Å². The zero-order chi connectivity index (χ0) is 15.3. The molecular weight excluding hydrogens is 308 g/mol. The molecule has 0 bridgehead atoms. The van der Waals surface area contributed by atoms with Gasteiger partial charge in [0.2, 0.25) is 10.0 Å². The zero-order valence-corrected chi connectivity index (χ0v) is 14.2. The molecule has 21 heavy (non-hydrogen) atoms. The Bertz CT molecular complexity index is 534. The SMILES string of the molecule is CC(C)NCc1cc(S(=O)(=O)NCC2CCOCC2)cs1. The maximum Gasteiger partial charge on any atom is 0.241 e. The number of ether oxygens (including phenoxy) is 1. The first-order valence-corrected chi connectivity index (χ1v) is 9.72. The highest BCUT2D eigenvalue weighted by atomic mass is 32.2. The van der Waals surface area contributed by atoms with Gasteiger partial charge in [-0.15, -0.1) is 11.3 Å². The van der Waals surface area contributed by atoms with E-state index in [1.807, 2.05) is 0 Å². The summed E-state index contributed by atoms with van der Waals surface area (Å²) in [6, 6.07) is 2.14. The lowest BCUT2D eigenvalue weighted by atomic mass is 10.0. The molecule has 1 fully saturated rings. The summed E-state index contributed by atoms with van der Waals surface area (Å²) in [4.78, 5) is 1.41. The number of sulfonamides is 1. The van der Waals surface area contributed by atoms with E-state index in [0.29, 0.717) is 29.9 Å². The molecule has 7 heteroatoms. The van der Waals surface area contributed by atoms with Crippen LogP contribution in [0.15, 0.2) is 16.3 Å². The second-order valence-corrected chi connectivity index (χ2v) is 8.45. The fourth-order valence-corrected chi connectivity index (χ4v) is 4.50. The highest BCUT2D eigenvalue weighted by Crippen LogP contribution is 2.20. The Morgan fingerprint density at radius 2 is 2.10 bits per heavy atom. The van der Waals surface area contributed by atoms with Crippen molar-refractivity contribution in [1.29, 1.82) is 0 Å². The fourth-order valence-electron chi connectivity index (χ4n) is 2.16. The normalized spacial score (nSPS) is 17.5. The molecule has 2 rings (SSSR count). The lowest BCUT2D eigenvalue weighted by molar-refractivity contribution is 0.0678. The maximum absolute atomic E-state index is 12.3. The summed E-state index contributed by atoms with van der Waals surface area (Å²) in [5, 5.41) is 5.00. The molecule has 120 valence electrons. The third-order valence-corrected chi connectivity index (χ3v) is 6.02. The first-order chi connectivity index (χ1) is 9.97. The van der Waals surface area contributed by atoms with E-state index in [2.05, 4.69) is 23.9 Å². The van der Waals surface area contributed by atoms with Gasteiger partial charge in [0, 0.05) is 42.6 Å². The number of thiophene rings is 1. The van der Waals surface area contributed by atoms with Crippen molar-refractivity contribution in [2.24, 2.45) is 5.92 Å². The monoisotopic (exact) mass is 332 g/mol. The van der Waals surface area contributed by atoms with Crippen molar-refractivity contribution < 1.29 is 13.2 Å². The third kappa shape index (κ3) is 5.34. The summed E-state index contributed by atoms with van der Waals surface area (Å²) in [5.41, 5.74) is 0. The standard InChI is InChI=1S/C14H24N2O3S2/c1-11(2)15-9-13-7-14(10-20-13)21(17,18)16-8-12-3-5-19-6-4-12/h7,10-12,15-16H,3-6,8-9H2,1-2H3. The van der Waals surface area contributed by atoms with Gasteiger partial charge in [-0.1, -0.05) is 13.8 Å². The Morgan fingerprint density at radius 1 is 1.38 bits per heavy atom. The molecule has 1 aliphatic heterocycles. The van der Waals surface area contributed by atoms with Gasteiger partial charge < -0.3 is 10.1 Å². The van der Waals surface area contributed by atoms with Crippen LogP contribution in [0.4, 0.5) is 0 Å². The molecule has 0 saturated carbocycles. The van der Waals surface area contributed by atoms with E-state index in [4.69, 9.17) is 4.74 Å². The van der Waals surface area contributed by atoms with Crippen LogP contribution in [0, 0.1) is 5.92 Å². The molecule has 0 aliphatic carbocycles. The summed E-state index contributed by atoms with van der Waals surface area (Å²) in [7, 11) is -3.39. The second-order valence-electron chi connectivity index (χ2n) is 5.69. The van der Waals surface area contributed by atoms with Crippen LogP contribution < -0.4 is 10.0 Å². The van der Waals surface area contributed by atoms with Crippen LogP contribution in [0.3, 0.4) is 0 Å². The van der Waals surface area contributed by atoms with Gasteiger partial charge in [-0.3, -0.25) is 0 Å². The quantitative estimate of drug-likeness (QED) is 0.801. The Kier molecular flexibility index (Phi) is 6.19. The zero-order valence-electron chi connectivity index (χ0n) is 12.6. The highest BCUT2D eigenvalue weighted by Gasteiger charge is 2.20. The lowest BCUT2D eigenvalue weighted by Gasteiger charge is -2.21. The predicted octanol–water partition coefficient (Wildman–Crippen LogP) is 1.95. The minimum atomic E-state index is -3.39. The highest BCUT2D eigenvalue weighted by molar-refractivity contribution is 7.89. The minimum Gasteiger partial charge on any atom is -0.381 e. The first-order valence-electron chi connectivity index (χ1n) is 7.35. The van der Waals surface area contributed by atoms with E-state index in [1.54, 1.807) is 11.4 Å². The molecular formula is C14H24N2O3S2. The van der Waals surface area contributed by atoms with Crippen LogP contribution in [0.1, 0.15) is 31.6 Å². The van der Waals surface area contributed by atoms with E-state index in [9.17, 15) is 8.42 Å². The van der Waals surface area contributed by atoms with Gasteiger partial charge >= 0.3 is 0 Å². The topological polar surface area (TPSA) is 67.4 Å². The van der Waals surface area contributed by atoms with Gasteiger partial charge in [-0.25, -0.2) is 13.1 Å². The number of rotatable bonds is 7. The van der Waals surface area contributed by atoms with E-state index in [-0.39, 0.29) is 0 Å². The van der Waals surface area contributed by atoms with E-state index >= 15 is 0 Å². The average Bonchev–Trinajstić information content (AvgIpc) is 2.94. The maximum atomic E-state index is 12.3. The van der Waals surface area contributed by atoms with Gasteiger partial charge in [-0.05, 0) is 24.8 Å². The molecule has 1 aromatic heterocycles. The second kappa shape index (κ2) is 7.69. The van der Waals surface area contributed by atoms with Crippen LogP contribution >= 0.6 is 11.3 Å². The average molecular weight is 332 g/mol. The number of hydrogen-bond donors (Lipinski definition) is 2. The summed E-state index contributed by atoms with van der Waals surface area (Å²) in [6.45, 7) is 6.81. The van der Waals surface area contributed by atoms with Crippen molar-refractivity contribution in [3.05, 3.63) is 16.3 Å². The summed E-state index contributed by atoms with van der Waals surface area (Å²) in [6.07, 6.45) is 1.85. The smallest absolute Gasteiger partial charge is 0.241 e.